The number of hydrogen-bond acceptors (Lipinski definition) is 6. The van der Waals surface area contributed by atoms with Gasteiger partial charge in [0.2, 0.25) is 5.95 Å². The summed E-state index contributed by atoms with van der Waals surface area (Å²) >= 11 is 0. The molecule has 0 spiro atoms. The molecule has 0 aromatic carbocycles. The maximum atomic E-state index is 14.0. The summed E-state index contributed by atoms with van der Waals surface area (Å²) in [5.74, 6) is -0.924. The first-order valence-corrected chi connectivity index (χ1v) is 9.51. The van der Waals surface area contributed by atoms with Crippen molar-refractivity contribution < 1.29 is 14.0 Å². The molecular weight excluding hydrogens is 375 g/mol. The van der Waals surface area contributed by atoms with Crippen LogP contribution in [0.2, 0.25) is 0 Å². The zero-order valence-electron chi connectivity index (χ0n) is 17.0. The number of halogens is 1. The van der Waals surface area contributed by atoms with E-state index in [4.69, 9.17) is 0 Å². The van der Waals surface area contributed by atoms with E-state index in [2.05, 4.69) is 20.3 Å². The fourth-order valence-electron chi connectivity index (χ4n) is 3.31. The van der Waals surface area contributed by atoms with Gasteiger partial charge in [-0.1, -0.05) is 0 Å². The lowest BCUT2D eigenvalue weighted by molar-refractivity contribution is 0.0785. The minimum atomic E-state index is -0.644. The number of pyridine rings is 1. The van der Waals surface area contributed by atoms with Gasteiger partial charge in [-0.3, -0.25) is 14.6 Å². The molecule has 154 valence electrons. The minimum absolute atomic E-state index is 0.00454. The molecule has 9 heteroatoms. The monoisotopic (exact) mass is 400 g/mol. The van der Waals surface area contributed by atoms with Gasteiger partial charge in [0.1, 0.15) is 0 Å². The number of rotatable bonds is 5. The Bertz CT molecular complexity index is 918. The van der Waals surface area contributed by atoms with E-state index >= 15 is 0 Å². The van der Waals surface area contributed by atoms with Crippen LogP contribution in [0.3, 0.4) is 0 Å². The van der Waals surface area contributed by atoms with Crippen molar-refractivity contribution in [1.29, 1.82) is 0 Å². The maximum absolute atomic E-state index is 14.0. The number of carbonyl (C=O) groups excluding carboxylic acids is 2. The number of anilines is 1. The van der Waals surface area contributed by atoms with E-state index < -0.39 is 5.82 Å². The Hall–Kier alpha value is -3.10. The van der Waals surface area contributed by atoms with Crippen molar-refractivity contribution in [3.63, 3.8) is 0 Å². The fraction of sp³-hybridized carbons (Fsp3) is 0.450. The van der Waals surface area contributed by atoms with Crippen molar-refractivity contribution in [2.75, 3.05) is 32.1 Å². The summed E-state index contributed by atoms with van der Waals surface area (Å²) in [6.07, 6.45) is 4.58. The van der Waals surface area contributed by atoms with Crippen LogP contribution in [0, 0.1) is 5.82 Å². The zero-order chi connectivity index (χ0) is 21.1. The fourth-order valence-corrected chi connectivity index (χ4v) is 3.31. The summed E-state index contributed by atoms with van der Waals surface area (Å²) in [6.45, 7) is 4.57. The second-order valence-corrected chi connectivity index (χ2v) is 7.58. The maximum Gasteiger partial charge on any atom is 0.256 e. The van der Waals surface area contributed by atoms with Gasteiger partial charge in [0, 0.05) is 51.5 Å². The largest absolute Gasteiger partial charge is 0.350 e. The summed E-state index contributed by atoms with van der Waals surface area (Å²) < 4.78 is 14.0. The van der Waals surface area contributed by atoms with Gasteiger partial charge in [-0.05, 0) is 26.3 Å². The molecule has 0 saturated carbocycles. The van der Waals surface area contributed by atoms with Crippen LogP contribution in [0.15, 0.2) is 24.7 Å². The molecule has 1 aliphatic rings. The summed E-state index contributed by atoms with van der Waals surface area (Å²) in [7, 11) is 3.65. The van der Waals surface area contributed by atoms with Crippen molar-refractivity contribution in [3.05, 3.63) is 47.3 Å². The lowest BCUT2D eigenvalue weighted by atomic mass is 9.99. The van der Waals surface area contributed by atoms with Crippen LogP contribution < -0.4 is 10.2 Å². The molecule has 0 radical (unpaired) electrons. The average molecular weight is 400 g/mol. The third-order valence-electron chi connectivity index (χ3n) is 4.73. The van der Waals surface area contributed by atoms with Crippen molar-refractivity contribution in [2.45, 2.75) is 32.2 Å². The first-order chi connectivity index (χ1) is 13.8. The second-order valence-electron chi connectivity index (χ2n) is 7.58. The molecule has 1 atom stereocenters. The molecule has 2 amide bonds. The molecule has 2 aromatic heterocycles. The van der Waals surface area contributed by atoms with Crippen LogP contribution >= 0.6 is 0 Å². The Morgan fingerprint density at radius 1 is 1.28 bits per heavy atom. The highest BCUT2D eigenvalue weighted by atomic mass is 19.1. The number of carbonyl (C=O) groups is 2. The van der Waals surface area contributed by atoms with Crippen LogP contribution in [-0.2, 0) is 0 Å². The van der Waals surface area contributed by atoms with Gasteiger partial charge in [-0.15, -0.1) is 0 Å². The third-order valence-corrected chi connectivity index (χ3v) is 4.73. The minimum Gasteiger partial charge on any atom is -0.350 e. The Morgan fingerprint density at radius 3 is 2.69 bits per heavy atom. The van der Waals surface area contributed by atoms with Gasteiger partial charge in [-0.25, -0.2) is 14.4 Å². The van der Waals surface area contributed by atoms with E-state index in [9.17, 15) is 14.0 Å². The number of nitrogens with zero attached hydrogens (tertiary/aromatic N) is 5. The van der Waals surface area contributed by atoms with Gasteiger partial charge < -0.3 is 15.1 Å². The van der Waals surface area contributed by atoms with Crippen molar-refractivity contribution >= 4 is 17.8 Å². The van der Waals surface area contributed by atoms with Crippen LogP contribution in [-0.4, -0.2) is 64.9 Å². The average Bonchev–Trinajstić information content (AvgIpc) is 3.17. The van der Waals surface area contributed by atoms with Crippen molar-refractivity contribution in [1.82, 2.24) is 25.2 Å². The molecule has 1 saturated heterocycles. The van der Waals surface area contributed by atoms with Gasteiger partial charge >= 0.3 is 0 Å². The first-order valence-electron chi connectivity index (χ1n) is 9.51. The lowest BCUT2D eigenvalue weighted by Gasteiger charge is -2.20. The molecule has 1 aliphatic heterocycles. The second kappa shape index (κ2) is 8.50. The third kappa shape index (κ3) is 4.49. The van der Waals surface area contributed by atoms with Gasteiger partial charge in [-0.2, -0.15) is 0 Å². The molecule has 1 N–H and O–H groups in total. The molecule has 1 unspecified atom stereocenters. The van der Waals surface area contributed by atoms with Gasteiger partial charge in [0.15, 0.2) is 5.82 Å². The first kappa shape index (κ1) is 20.6. The Kier molecular flexibility index (Phi) is 6.05. The Labute approximate surface area is 169 Å². The number of aromatic nitrogens is 3. The van der Waals surface area contributed by atoms with Crippen LogP contribution in [0.1, 0.15) is 52.6 Å². The quantitative estimate of drug-likeness (QED) is 0.824. The molecule has 1 fully saturated rings. The Balaban J connectivity index is 1.88. The van der Waals surface area contributed by atoms with Crippen LogP contribution in [0.4, 0.5) is 10.3 Å². The molecule has 3 heterocycles. The summed E-state index contributed by atoms with van der Waals surface area (Å²) in [4.78, 5) is 41.3. The van der Waals surface area contributed by atoms with Crippen LogP contribution in [0.25, 0.3) is 0 Å². The lowest BCUT2D eigenvalue weighted by Crippen LogP contribution is -2.32. The van der Waals surface area contributed by atoms with E-state index in [1.54, 1.807) is 9.80 Å². The predicted octanol–water partition coefficient (Wildman–Crippen LogP) is 1.84. The predicted molar refractivity (Wildman–Crippen MR) is 106 cm³/mol. The highest BCUT2D eigenvalue weighted by molar-refractivity contribution is 5.96. The number of amides is 2. The van der Waals surface area contributed by atoms with E-state index in [0.717, 1.165) is 6.20 Å². The molecule has 8 nitrogen and oxygen atoms in total. The SMILES string of the molecule is CC(C)NC(=O)c1cnc(N(C)C)nc1C1CCN(C(=O)c2ccncc2F)C1. The van der Waals surface area contributed by atoms with Gasteiger partial charge in [0.05, 0.1) is 23.0 Å². The molecular formula is C20H25FN6O2. The normalized spacial score (nSPS) is 16.2. The number of hydrogen-bond donors (Lipinski definition) is 1. The number of nitrogens with one attached hydrogen (secondary N) is 1. The molecule has 29 heavy (non-hydrogen) atoms. The summed E-state index contributed by atoms with van der Waals surface area (Å²) in [5.41, 5.74) is 1.00. The van der Waals surface area contributed by atoms with Crippen molar-refractivity contribution in [3.8, 4) is 0 Å². The molecule has 0 bridgehead atoms. The summed E-state index contributed by atoms with van der Waals surface area (Å²) in [6, 6.07) is 1.35. The molecule has 2 aromatic rings. The van der Waals surface area contributed by atoms with Crippen LogP contribution in [0.5, 0.6) is 0 Å². The highest BCUT2D eigenvalue weighted by Gasteiger charge is 2.33. The van der Waals surface area contributed by atoms with Crippen molar-refractivity contribution in [2.24, 2.45) is 0 Å². The van der Waals surface area contributed by atoms with E-state index in [1.807, 2.05) is 27.9 Å². The van der Waals surface area contributed by atoms with E-state index in [-0.39, 0.29) is 29.3 Å². The molecule has 3 rings (SSSR count). The smallest absolute Gasteiger partial charge is 0.256 e. The standard InChI is InChI=1S/C20H25FN6O2/c1-12(2)24-18(28)15-9-23-20(26(3)4)25-17(15)13-6-8-27(11-13)19(29)14-5-7-22-10-16(14)21/h5,7,9-10,12-13H,6,8,11H2,1-4H3,(H,24,28). The van der Waals surface area contributed by atoms with E-state index in [0.29, 0.717) is 36.7 Å². The zero-order valence-corrected chi connectivity index (χ0v) is 17.0. The van der Waals surface area contributed by atoms with E-state index in [1.165, 1.54) is 18.5 Å². The summed E-state index contributed by atoms with van der Waals surface area (Å²) in [5, 5.41) is 2.87. The number of likely N-dealkylation sites (tertiary alicyclic amines) is 1. The topological polar surface area (TPSA) is 91.3 Å². The van der Waals surface area contributed by atoms with Gasteiger partial charge in [0.25, 0.3) is 11.8 Å². The molecule has 0 aliphatic carbocycles. The highest BCUT2D eigenvalue weighted by Crippen LogP contribution is 2.30. The Morgan fingerprint density at radius 2 is 2.03 bits per heavy atom.